The second kappa shape index (κ2) is 5.98. The molecule has 1 N–H and O–H groups in total. The molecular formula is C13H8ClN5O4S. The molecule has 2 aromatic heterocycles. The van der Waals surface area contributed by atoms with Crippen LogP contribution in [0, 0.1) is 10.1 Å². The number of nitro groups is 1. The third kappa shape index (κ3) is 3.09. The lowest BCUT2D eigenvalue weighted by Crippen LogP contribution is -2.15. The molecule has 0 spiro atoms. The Morgan fingerprint density at radius 3 is 2.62 bits per heavy atom. The van der Waals surface area contributed by atoms with Crippen LogP contribution in [-0.2, 0) is 10.0 Å². The predicted octanol–water partition coefficient (Wildman–Crippen LogP) is 2.39. The van der Waals surface area contributed by atoms with Crippen LogP contribution in [-0.4, -0.2) is 28.3 Å². The lowest BCUT2D eigenvalue weighted by molar-refractivity contribution is -0.384. The number of anilines is 1. The molecule has 11 heteroatoms. The van der Waals surface area contributed by atoms with Crippen LogP contribution < -0.4 is 4.72 Å². The van der Waals surface area contributed by atoms with Crippen molar-refractivity contribution in [3.05, 3.63) is 58.0 Å². The van der Waals surface area contributed by atoms with Crippen LogP contribution >= 0.6 is 11.6 Å². The quantitative estimate of drug-likeness (QED) is 0.555. The first-order valence-corrected chi connectivity index (χ1v) is 8.27. The maximum Gasteiger partial charge on any atom is 0.271 e. The summed E-state index contributed by atoms with van der Waals surface area (Å²) >= 11 is 5.94. The number of hydrogen-bond acceptors (Lipinski definition) is 7. The predicted molar refractivity (Wildman–Crippen MR) is 86.2 cm³/mol. The molecule has 0 unspecified atom stereocenters. The molecule has 0 saturated heterocycles. The van der Waals surface area contributed by atoms with Gasteiger partial charge in [-0.3, -0.25) is 19.8 Å². The lowest BCUT2D eigenvalue weighted by Gasteiger charge is -2.09. The van der Waals surface area contributed by atoms with Gasteiger partial charge in [-0.25, -0.2) is 18.4 Å². The fourth-order valence-corrected chi connectivity index (χ4v) is 3.10. The number of fused-ring (bicyclic) bond motifs is 1. The van der Waals surface area contributed by atoms with E-state index in [-0.39, 0.29) is 32.6 Å². The molecule has 0 atom stereocenters. The zero-order valence-corrected chi connectivity index (χ0v) is 13.3. The standard InChI is InChI=1S/C13H8ClN5O4S/c14-12-13(18-24(22,23)9-2-1-5-15-7-9)17-10-4-3-8(19(20)21)6-11(10)16-12/h1-7H,(H,17,18). The van der Waals surface area contributed by atoms with E-state index in [4.69, 9.17) is 11.6 Å². The summed E-state index contributed by atoms with van der Waals surface area (Å²) in [5.74, 6) is -0.179. The van der Waals surface area contributed by atoms with Crippen molar-refractivity contribution in [2.24, 2.45) is 0 Å². The van der Waals surface area contributed by atoms with Crippen molar-refractivity contribution in [2.75, 3.05) is 4.72 Å². The number of hydrogen-bond donors (Lipinski definition) is 1. The van der Waals surface area contributed by atoms with Crippen LogP contribution in [0.25, 0.3) is 11.0 Å². The van der Waals surface area contributed by atoms with E-state index >= 15 is 0 Å². The zero-order valence-electron chi connectivity index (χ0n) is 11.7. The minimum atomic E-state index is -3.93. The summed E-state index contributed by atoms with van der Waals surface area (Å²) in [6.45, 7) is 0. The van der Waals surface area contributed by atoms with Crippen LogP contribution in [0.4, 0.5) is 11.5 Å². The van der Waals surface area contributed by atoms with Crippen LogP contribution in [0.3, 0.4) is 0 Å². The molecule has 2 heterocycles. The smallest absolute Gasteiger partial charge is 0.263 e. The van der Waals surface area contributed by atoms with E-state index in [1.807, 2.05) is 0 Å². The molecule has 24 heavy (non-hydrogen) atoms. The summed E-state index contributed by atoms with van der Waals surface area (Å²) in [5.41, 5.74) is 0.268. The highest BCUT2D eigenvalue weighted by Crippen LogP contribution is 2.25. The van der Waals surface area contributed by atoms with Crippen molar-refractivity contribution in [3.8, 4) is 0 Å². The summed E-state index contributed by atoms with van der Waals surface area (Å²) < 4.78 is 26.8. The van der Waals surface area contributed by atoms with E-state index < -0.39 is 14.9 Å². The molecule has 3 aromatic rings. The van der Waals surface area contributed by atoms with Crippen molar-refractivity contribution >= 4 is 44.2 Å². The summed E-state index contributed by atoms with van der Waals surface area (Å²) in [7, 11) is -3.93. The molecule has 1 aromatic carbocycles. The second-order valence-electron chi connectivity index (χ2n) is 4.59. The topological polar surface area (TPSA) is 128 Å². The Morgan fingerprint density at radius 1 is 1.17 bits per heavy atom. The molecule has 0 aliphatic heterocycles. The SMILES string of the molecule is O=[N+]([O-])c1ccc2nc(NS(=O)(=O)c3cccnc3)c(Cl)nc2c1. The Labute approximate surface area is 140 Å². The molecule has 0 fully saturated rings. The van der Waals surface area contributed by atoms with Crippen LogP contribution in [0.5, 0.6) is 0 Å². The lowest BCUT2D eigenvalue weighted by atomic mass is 10.2. The van der Waals surface area contributed by atoms with Gasteiger partial charge in [-0.1, -0.05) is 11.6 Å². The summed E-state index contributed by atoms with van der Waals surface area (Å²) in [5, 5.41) is 10.5. The van der Waals surface area contributed by atoms with Crippen molar-refractivity contribution < 1.29 is 13.3 Å². The molecule has 0 saturated carbocycles. The number of rotatable bonds is 4. The van der Waals surface area contributed by atoms with Gasteiger partial charge in [0.05, 0.1) is 16.0 Å². The monoisotopic (exact) mass is 365 g/mol. The van der Waals surface area contributed by atoms with Gasteiger partial charge in [-0.2, -0.15) is 0 Å². The molecule has 0 radical (unpaired) electrons. The number of sulfonamides is 1. The number of halogens is 1. The van der Waals surface area contributed by atoms with E-state index in [9.17, 15) is 18.5 Å². The highest BCUT2D eigenvalue weighted by atomic mass is 35.5. The number of aromatic nitrogens is 3. The van der Waals surface area contributed by atoms with Gasteiger partial charge in [0.25, 0.3) is 15.7 Å². The zero-order chi connectivity index (χ0) is 17.3. The average Bonchev–Trinajstić information content (AvgIpc) is 2.55. The maximum absolute atomic E-state index is 12.3. The molecular weight excluding hydrogens is 358 g/mol. The Hall–Kier alpha value is -2.85. The number of nitrogens with zero attached hydrogens (tertiary/aromatic N) is 4. The van der Waals surface area contributed by atoms with E-state index in [2.05, 4.69) is 19.7 Å². The van der Waals surface area contributed by atoms with Gasteiger partial charge in [0.15, 0.2) is 11.0 Å². The van der Waals surface area contributed by atoms with Gasteiger partial charge >= 0.3 is 0 Å². The minimum absolute atomic E-state index is 0.0633. The normalized spacial score (nSPS) is 11.4. The Bertz CT molecular complexity index is 1040. The molecule has 0 bridgehead atoms. The molecule has 0 aliphatic carbocycles. The highest BCUT2D eigenvalue weighted by Gasteiger charge is 2.18. The van der Waals surface area contributed by atoms with E-state index in [1.54, 1.807) is 0 Å². The Kier molecular flexibility index (Phi) is 3.99. The van der Waals surface area contributed by atoms with Crippen molar-refractivity contribution in [1.82, 2.24) is 15.0 Å². The van der Waals surface area contributed by atoms with Gasteiger partial charge in [0, 0.05) is 24.5 Å². The van der Waals surface area contributed by atoms with E-state index in [0.29, 0.717) is 0 Å². The van der Waals surface area contributed by atoms with Crippen molar-refractivity contribution in [3.63, 3.8) is 0 Å². The first-order valence-electron chi connectivity index (χ1n) is 6.41. The average molecular weight is 366 g/mol. The molecule has 122 valence electrons. The van der Waals surface area contributed by atoms with Gasteiger partial charge < -0.3 is 0 Å². The summed E-state index contributed by atoms with van der Waals surface area (Å²) in [4.78, 5) is 21.9. The van der Waals surface area contributed by atoms with Crippen molar-refractivity contribution in [1.29, 1.82) is 0 Å². The Morgan fingerprint density at radius 2 is 1.96 bits per heavy atom. The number of non-ortho nitro benzene ring substituents is 1. The molecule has 3 rings (SSSR count). The fraction of sp³-hybridized carbons (Fsp3) is 0. The number of nitrogens with one attached hydrogen (secondary N) is 1. The fourth-order valence-electron chi connectivity index (χ4n) is 1.89. The third-order valence-corrected chi connectivity index (χ3v) is 4.58. The first kappa shape index (κ1) is 16.0. The first-order chi connectivity index (χ1) is 11.4. The van der Waals surface area contributed by atoms with E-state index in [1.165, 1.54) is 42.7 Å². The van der Waals surface area contributed by atoms with Crippen LogP contribution in [0.2, 0.25) is 5.15 Å². The van der Waals surface area contributed by atoms with Gasteiger partial charge in [-0.05, 0) is 18.2 Å². The Balaban J connectivity index is 2.03. The molecule has 0 amide bonds. The number of nitro benzene ring substituents is 1. The van der Waals surface area contributed by atoms with Gasteiger partial charge in [0.2, 0.25) is 0 Å². The largest absolute Gasteiger partial charge is 0.271 e. The summed E-state index contributed by atoms with van der Waals surface area (Å²) in [6.07, 6.45) is 2.61. The van der Waals surface area contributed by atoms with Crippen LogP contribution in [0.15, 0.2) is 47.6 Å². The van der Waals surface area contributed by atoms with Gasteiger partial charge in [0.1, 0.15) is 4.90 Å². The minimum Gasteiger partial charge on any atom is -0.263 e. The number of pyridine rings is 1. The van der Waals surface area contributed by atoms with Crippen LogP contribution in [0.1, 0.15) is 0 Å². The van der Waals surface area contributed by atoms with Gasteiger partial charge in [-0.15, -0.1) is 0 Å². The third-order valence-electron chi connectivity index (χ3n) is 2.99. The van der Waals surface area contributed by atoms with E-state index in [0.717, 1.165) is 0 Å². The maximum atomic E-state index is 12.3. The summed E-state index contributed by atoms with van der Waals surface area (Å²) in [6, 6.07) is 6.64. The highest BCUT2D eigenvalue weighted by molar-refractivity contribution is 7.92. The second-order valence-corrected chi connectivity index (χ2v) is 6.63. The van der Waals surface area contributed by atoms with Crippen molar-refractivity contribution in [2.45, 2.75) is 4.90 Å². The number of benzene rings is 1. The molecule has 9 nitrogen and oxygen atoms in total. The molecule has 0 aliphatic rings.